The molecule has 0 aliphatic carbocycles. The zero-order valence-electron chi connectivity index (χ0n) is 8.75. The van der Waals surface area contributed by atoms with Crippen molar-refractivity contribution in [2.75, 3.05) is 11.1 Å². The zero-order chi connectivity index (χ0) is 10.4. The summed E-state index contributed by atoms with van der Waals surface area (Å²) in [6.07, 6.45) is 3.02. The molecule has 80 valence electrons. The monoisotopic (exact) mass is 276 g/mol. The maximum Gasteiger partial charge on any atom is 0.116 e. The molecule has 1 aromatic rings. The van der Waals surface area contributed by atoms with Crippen molar-refractivity contribution < 1.29 is 4.42 Å². The molecule has 0 radical (unpaired) electrons. The Labute approximate surface area is 98.8 Å². The standard InChI is InChI=1S/C11H17BrOS/c1-3-10(6-12)7-14-8-11-9(2)4-5-13-11/h4-5,10H,3,6-8H2,1-2H3. The Morgan fingerprint density at radius 2 is 2.36 bits per heavy atom. The summed E-state index contributed by atoms with van der Waals surface area (Å²) in [5.41, 5.74) is 1.27. The Bertz CT molecular complexity index is 256. The summed E-state index contributed by atoms with van der Waals surface area (Å²) in [6, 6.07) is 2.03. The number of thioether (sulfide) groups is 1. The van der Waals surface area contributed by atoms with Gasteiger partial charge in [0.2, 0.25) is 0 Å². The van der Waals surface area contributed by atoms with E-state index in [0.717, 1.165) is 22.8 Å². The van der Waals surface area contributed by atoms with E-state index in [1.54, 1.807) is 6.26 Å². The number of furan rings is 1. The van der Waals surface area contributed by atoms with Crippen molar-refractivity contribution in [2.45, 2.75) is 26.0 Å². The Balaban J connectivity index is 2.24. The van der Waals surface area contributed by atoms with Crippen LogP contribution in [0.2, 0.25) is 0 Å². The number of rotatable bonds is 6. The average Bonchev–Trinajstić information content (AvgIpc) is 2.59. The van der Waals surface area contributed by atoms with Crippen LogP contribution in [0.4, 0.5) is 0 Å². The van der Waals surface area contributed by atoms with Crippen molar-refractivity contribution in [3.8, 4) is 0 Å². The fourth-order valence-electron chi connectivity index (χ4n) is 1.14. The van der Waals surface area contributed by atoms with Crippen LogP contribution in [0.1, 0.15) is 24.7 Å². The Morgan fingerprint density at radius 1 is 1.57 bits per heavy atom. The topological polar surface area (TPSA) is 13.1 Å². The summed E-state index contributed by atoms with van der Waals surface area (Å²) in [6.45, 7) is 4.34. The van der Waals surface area contributed by atoms with E-state index in [2.05, 4.69) is 29.8 Å². The van der Waals surface area contributed by atoms with Crippen molar-refractivity contribution >= 4 is 27.7 Å². The van der Waals surface area contributed by atoms with Crippen LogP contribution in [0.5, 0.6) is 0 Å². The summed E-state index contributed by atoms with van der Waals surface area (Å²) in [5, 5.41) is 1.10. The van der Waals surface area contributed by atoms with Crippen molar-refractivity contribution in [2.24, 2.45) is 5.92 Å². The number of halogens is 1. The minimum absolute atomic E-state index is 0.787. The zero-order valence-corrected chi connectivity index (χ0v) is 11.2. The van der Waals surface area contributed by atoms with Crippen LogP contribution in [0.3, 0.4) is 0 Å². The third-order valence-electron chi connectivity index (χ3n) is 2.35. The summed E-state index contributed by atoms with van der Waals surface area (Å²) < 4.78 is 5.38. The van der Waals surface area contributed by atoms with Gasteiger partial charge in [-0.2, -0.15) is 11.8 Å². The van der Waals surface area contributed by atoms with E-state index in [1.165, 1.54) is 17.7 Å². The van der Waals surface area contributed by atoms with E-state index in [4.69, 9.17) is 4.42 Å². The maximum absolute atomic E-state index is 5.38. The van der Waals surface area contributed by atoms with Crippen LogP contribution in [-0.4, -0.2) is 11.1 Å². The van der Waals surface area contributed by atoms with Gasteiger partial charge in [-0.05, 0) is 30.2 Å². The Hall–Kier alpha value is 0.110. The normalized spacial score (nSPS) is 13.1. The molecule has 1 heterocycles. The first-order valence-electron chi connectivity index (χ1n) is 4.94. The van der Waals surface area contributed by atoms with Gasteiger partial charge in [0, 0.05) is 5.33 Å². The second-order valence-corrected chi connectivity index (χ2v) is 5.15. The highest BCUT2D eigenvalue weighted by molar-refractivity contribution is 9.09. The van der Waals surface area contributed by atoms with Crippen molar-refractivity contribution in [1.82, 2.24) is 0 Å². The number of alkyl halides is 1. The van der Waals surface area contributed by atoms with E-state index in [-0.39, 0.29) is 0 Å². The molecule has 1 unspecified atom stereocenters. The summed E-state index contributed by atoms with van der Waals surface area (Å²) in [5.74, 6) is 4.12. The van der Waals surface area contributed by atoms with Crippen LogP contribution >= 0.6 is 27.7 Å². The average molecular weight is 277 g/mol. The number of aryl methyl sites for hydroxylation is 1. The molecule has 0 N–H and O–H groups in total. The quantitative estimate of drug-likeness (QED) is 0.721. The van der Waals surface area contributed by atoms with Gasteiger partial charge in [-0.3, -0.25) is 0 Å². The molecule has 14 heavy (non-hydrogen) atoms. The lowest BCUT2D eigenvalue weighted by atomic mass is 10.2. The van der Waals surface area contributed by atoms with Crippen LogP contribution in [0, 0.1) is 12.8 Å². The van der Waals surface area contributed by atoms with Crippen LogP contribution in [0.25, 0.3) is 0 Å². The molecule has 1 nitrogen and oxygen atoms in total. The lowest BCUT2D eigenvalue weighted by Gasteiger charge is -2.09. The maximum atomic E-state index is 5.38. The second kappa shape index (κ2) is 6.57. The summed E-state index contributed by atoms with van der Waals surface area (Å²) >= 11 is 5.49. The molecule has 1 rings (SSSR count). The Kier molecular flexibility index (Phi) is 5.71. The molecular formula is C11H17BrOS. The minimum Gasteiger partial charge on any atom is -0.468 e. The van der Waals surface area contributed by atoms with Gasteiger partial charge >= 0.3 is 0 Å². The largest absolute Gasteiger partial charge is 0.468 e. The number of hydrogen-bond acceptors (Lipinski definition) is 2. The highest BCUT2D eigenvalue weighted by atomic mass is 79.9. The van der Waals surface area contributed by atoms with Gasteiger partial charge in [0.25, 0.3) is 0 Å². The number of hydrogen-bond donors (Lipinski definition) is 0. The van der Waals surface area contributed by atoms with Gasteiger partial charge in [0.1, 0.15) is 5.76 Å². The highest BCUT2D eigenvalue weighted by Gasteiger charge is 2.06. The van der Waals surface area contributed by atoms with E-state index in [0.29, 0.717) is 0 Å². The fourth-order valence-corrected chi connectivity index (χ4v) is 3.42. The molecular weight excluding hydrogens is 260 g/mol. The molecule has 3 heteroatoms. The molecule has 1 aromatic heterocycles. The van der Waals surface area contributed by atoms with Crippen molar-refractivity contribution in [3.63, 3.8) is 0 Å². The van der Waals surface area contributed by atoms with Crippen LogP contribution < -0.4 is 0 Å². The van der Waals surface area contributed by atoms with Crippen molar-refractivity contribution in [1.29, 1.82) is 0 Å². The van der Waals surface area contributed by atoms with Gasteiger partial charge in [0.05, 0.1) is 12.0 Å². The third-order valence-corrected chi connectivity index (χ3v) is 4.44. The van der Waals surface area contributed by atoms with E-state index in [9.17, 15) is 0 Å². The lowest BCUT2D eigenvalue weighted by Crippen LogP contribution is -2.03. The van der Waals surface area contributed by atoms with E-state index >= 15 is 0 Å². The first-order chi connectivity index (χ1) is 6.77. The molecule has 0 aliphatic rings. The molecule has 0 saturated carbocycles. The van der Waals surface area contributed by atoms with Gasteiger partial charge < -0.3 is 4.42 Å². The fraction of sp³-hybridized carbons (Fsp3) is 0.636. The van der Waals surface area contributed by atoms with Gasteiger partial charge in [-0.15, -0.1) is 0 Å². The Morgan fingerprint density at radius 3 is 2.86 bits per heavy atom. The predicted octanol–water partition coefficient (Wildman–Crippen LogP) is 4.24. The van der Waals surface area contributed by atoms with Gasteiger partial charge in [-0.25, -0.2) is 0 Å². The molecule has 0 aromatic carbocycles. The predicted molar refractivity (Wildman–Crippen MR) is 67.2 cm³/mol. The van der Waals surface area contributed by atoms with Crippen LogP contribution in [0.15, 0.2) is 16.7 Å². The van der Waals surface area contributed by atoms with Crippen LogP contribution in [-0.2, 0) is 5.75 Å². The smallest absolute Gasteiger partial charge is 0.116 e. The van der Waals surface area contributed by atoms with Gasteiger partial charge in [0.15, 0.2) is 0 Å². The molecule has 0 aliphatic heterocycles. The second-order valence-electron chi connectivity index (χ2n) is 3.47. The molecule has 0 amide bonds. The molecule has 0 saturated heterocycles. The molecule has 1 atom stereocenters. The van der Waals surface area contributed by atoms with E-state index in [1.807, 2.05) is 17.8 Å². The first-order valence-corrected chi connectivity index (χ1v) is 7.22. The van der Waals surface area contributed by atoms with E-state index < -0.39 is 0 Å². The summed E-state index contributed by atoms with van der Waals surface area (Å²) in [4.78, 5) is 0. The first kappa shape index (κ1) is 12.2. The lowest BCUT2D eigenvalue weighted by molar-refractivity contribution is 0.527. The molecule has 0 bridgehead atoms. The summed E-state index contributed by atoms with van der Waals surface area (Å²) in [7, 11) is 0. The van der Waals surface area contributed by atoms with Crippen molar-refractivity contribution in [3.05, 3.63) is 23.7 Å². The highest BCUT2D eigenvalue weighted by Crippen LogP contribution is 2.21. The van der Waals surface area contributed by atoms with Gasteiger partial charge in [-0.1, -0.05) is 29.3 Å². The SMILES string of the molecule is CCC(CBr)CSCc1occc1C. The molecule has 0 spiro atoms. The molecule has 0 fully saturated rings. The minimum atomic E-state index is 0.787. The third kappa shape index (κ3) is 3.70.